The quantitative estimate of drug-likeness (QED) is 0.0198. The number of likely N-dealkylation sites (N-methyl/N-ethyl adjacent to an activating group) is 1. The minimum atomic E-state index is -4.53. The van der Waals surface area contributed by atoms with Crippen LogP contribution in [0.3, 0.4) is 0 Å². The van der Waals surface area contributed by atoms with Gasteiger partial charge in [-0.2, -0.15) is 0 Å². The van der Waals surface area contributed by atoms with Crippen molar-refractivity contribution >= 4 is 13.8 Å². The van der Waals surface area contributed by atoms with Gasteiger partial charge in [0.1, 0.15) is 19.3 Å². The third-order valence-electron chi connectivity index (χ3n) is 10.4. The van der Waals surface area contributed by atoms with Gasteiger partial charge >= 0.3 is 5.97 Å². The summed E-state index contributed by atoms with van der Waals surface area (Å²) in [6, 6.07) is 0. The summed E-state index contributed by atoms with van der Waals surface area (Å²) >= 11 is 0. The second-order valence-corrected chi connectivity index (χ2v) is 18.9. The monoisotopic (exact) mass is 852 g/mol. The van der Waals surface area contributed by atoms with E-state index in [0.29, 0.717) is 24.1 Å². The number of carbonyl (C=O) groups is 1. The molecule has 0 heterocycles. The zero-order chi connectivity index (χ0) is 43.4. The number of carbonyl (C=O) groups excluding carboxylic acids is 1. The van der Waals surface area contributed by atoms with Crippen molar-refractivity contribution in [3.05, 3.63) is 48.6 Å². The molecule has 0 aromatic heterocycles. The van der Waals surface area contributed by atoms with Crippen LogP contribution in [0.5, 0.6) is 0 Å². The molecule has 0 saturated carbocycles. The van der Waals surface area contributed by atoms with Crippen molar-refractivity contribution in [2.75, 3.05) is 54.1 Å². The van der Waals surface area contributed by atoms with Crippen LogP contribution < -0.4 is 4.89 Å². The number of unbranched alkanes of at least 4 members (excludes halogenated alkanes) is 23. The van der Waals surface area contributed by atoms with E-state index in [1.54, 1.807) is 0 Å². The van der Waals surface area contributed by atoms with Gasteiger partial charge in [0, 0.05) is 13.0 Å². The molecule has 0 saturated heterocycles. The SMILES string of the molecule is CCCCC/C=C\C/C=C\CCCCCCCCCCCCOCC(COP(=O)([O-])OCC[N+](C)(C)C)OC(=O)CCCCCCCCC/C=C\C/C=C\CCCCC. The fourth-order valence-corrected chi connectivity index (χ4v) is 7.28. The van der Waals surface area contributed by atoms with Gasteiger partial charge in [0.25, 0.3) is 7.82 Å². The van der Waals surface area contributed by atoms with Crippen molar-refractivity contribution < 1.29 is 37.3 Å². The summed E-state index contributed by atoms with van der Waals surface area (Å²) in [4.78, 5) is 25.1. The molecular weight excluding hydrogens is 758 g/mol. The van der Waals surface area contributed by atoms with Crippen LogP contribution in [0.25, 0.3) is 0 Å². The molecule has 9 heteroatoms. The van der Waals surface area contributed by atoms with E-state index in [0.717, 1.165) is 51.4 Å². The van der Waals surface area contributed by atoms with Gasteiger partial charge in [0.15, 0.2) is 0 Å². The van der Waals surface area contributed by atoms with Gasteiger partial charge in [-0.25, -0.2) is 0 Å². The molecule has 0 radical (unpaired) electrons. The molecule has 0 spiro atoms. The van der Waals surface area contributed by atoms with Gasteiger partial charge in [-0.05, 0) is 77.0 Å². The summed E-state index contributed by atoms with van der Waals surface area (Å²) < 4.78 is 34.7. The first-order valence-corrected chi connectivity index (χ1v) is 25.8. The third kappa shape index (κ3) is 47.4. The van der Waals surface area contributed by atoms with Crippen LogP contribution in [0.2, 0.25) is 0 Å². The van der Waals surface area contributed by atoms with E-state index in [4.69, 9.17) is 18.5 Å². The zero-order valence-electron chi connectivity index (χ0n) is 39.2. The average molecular weight is 852 g/mol. The number of phosphoric ester groups is 1. The molecule has 8 nitrogen and oxygen atoms in total. The molecular formula is C50H94NO7P. The summed E-state index contributed by atoms with van der Waals surface area (Å²) in [6.07, 6.45) is 52.6. The largest absolute Gasteiger partial charge is 0.756 e. The second-order valence-electron chi connectivity index (χ2n) is 17.5. The third-order valence-corrected chi connectivity index (χ3v) is 11.3. The molecule has 346 valence electrons. The fraction of sp³-hybridized carbons (Fsp3) is 0.820. The number of esters is 1. The van der Waals surface area contributed by atoms with Crippen molar-refractivity contribution in [3.63, 3.8) is 0 Å². The second kappa shape index (κ2) is 43.1. The number of quaternary nitrogens is 1. The van der Waals surface area contributed by atoms with E-state index < -0.39 is 13.9 Å². The highest BCUT2D eigenvalue weighted by atomic mass is 31.2. The van der Waals surface area contributed by atoms with E-state index in [1.165, 1.54) is 135 Å². The van der Waals surface area contributed by atoms with Crippen molar-refractivity contribution in [1.82, 2.24) is 0 Å². The average Bonchev–Trinajstić information content (AvgIpc) is 3.19. The van der Waals surface area contributed by atoms with Gasteiger partial charge in [0.05, 0.1) is 34.4 Å². The van der Waals surface area contributed by atoms with Crippen LogP contribution in [0.4, 0.5) is 0 Å². The molecule has 59 heavy (non-hydrogen) atoms. The van der Waals surface area contributed by atoms with E-state index in [2.05, 4.69) is 62.5 Å². The van der Waals surface area contributed by atoms with Crippen LogP contribution in [0, 0.1) is 0 Å². The standard InChI is InChI=1S/C50H94NO7P/c1-6-8-10-12-14-16-18-20-22-24-25-26-28-30-32-34-36-38-40-42-45-55-47-49(48-57-59(53,54)56-46-44-51(3,4)5)58-50(52)43-41-39-37-35-33-31-29-27-23-21-19-17-15-13-11-9-7-2/h14-17,20-23,49H,6-13,18-19,24-48H2,1-5H3/b16-14-,17-15-,22-20-,23-21-. The molecule has 0 amide bonds. The van der Waals surface area contributed by atoms with Crippen LogP contribution in [-0.2, 0) is 27.9 Å². The maximum Gasteiger partial charge on any atom is 0.306 e. The number of hydrogen-bond acceptors (Lipinski definition) is 7. The van der Waals surface area contributed by atoms with Crippen molar-refractivity contribution in [3.8, 4) is 0 Å². The van der Waals surface area contributed by atoms with Gasteiger partial charge in [-0.1, -0.05) is 172 Å². The Balaban J connectivity index is 4.19. The van der Waals surface area contributed by atoms with Gasteiger partial charge in [-0.15, -0.1) is 0 Å². The Bertz CT molecular complexity index is 1080. The summed E-state index contributed by atoms with van der Waals surface area (Å²) in [7, 11) is 1.35. The molecule has 0 aromatic carbocycles. The van der Waals surface area contributed by atoms with Gasteiger partial charge < -0.3 is 27.9 Å². The lowest BCUT2D eigenvalue weighted by atomic mass is 10.1. The molecule has 0 aromatic rings. The number of phosphoric acid groups is 1. The van der Waals surface area contributed by atoms with E-state index in [-0.39, 0.29) is 25.8 Å². The first-order chi connectivity index (χ1) is 28.6. The minimum Gasteiger partial charge on any atom is -0.756 e. The summed E-state index contributed by atoms with van der Waals surface area (Å²) in [5, 5.41) is 0. The summed E-state index contributed by atoms with van der Waals surface area (Å²) in [5.41, 5.74) is 0. The lowest BCUT2D eigenvalue weighted by Crippen LogP contribution is -2.37. The topological polar surface area (TPSA) is 94.1 Å². The molecule has 0 aliphatic rings. The molecule has 0 N–H and O–H groups in total. The molecule has 0 bridgehead atoms. The molecule has 0 aliphatic carbocycles. The Hall–Kier alpha value is -1.54. The highest BCUT2D eigenvalue weighted by Crippen LogP contribution is 2.38. The predicted octanol–water partition coefficient (Wildman–Crippen LogP) is 14.1. The van der Waals surface area contributed by atoms with Crippen molar-refractivity contribution in [2.45, 2.75) is 213 Å². The number of nitrogens with zero attached hydrogens (tertiary/aromatic N) is 1. The maximum absolute atomic E-state index is 12.7. The maximum atomic E-state index is 12.7. The highest BCUT2D eigenvalue weighted by molar-refractivity contribution is 7.45. The van der Waals surface area contributed by atoms with Crippen LogP contribution in [0.15, 0.2) is 48.6 Å². The molecule has 0 rings (SSSR count). The minimum absolute atomic E-state index is 0.0228. The lowest BCUT2D eigenvalue weighted by molar-refractivity contribution is -0.870. The summed E-state index contributed by atoms with van der Waals surface area (Å²) in [6.45, 7) is 5.36. The predicted molar refractivity (Wildman–Crippen MR) is 250 cm³/mol. The number of rotatable bonds is 45. The normalized spacial score (nSPS) is 14.1. The Morgan fingerprint density at radius 3 is 1.37 bits per heavy atom. The van der Waals surface area contributed by atoms with Crippen LogP contribution in [-0.4, -0.2) is 70.7 Å². The van der Waals surface area contributed by atoms with E-state index >= 15 is 0 Å². The van der Waals surface area contributed by atoms with E-state index in [1.807, 2.05) is 21.1 Å². The highest BCUT2D eigenvalue weighted by Gasteiger charge is 2.20. The smallest absolute Gasteiger partial charge is 0.306 e. The summed E-state index contributed by atoms with van der Waals surface area (Å²) in [5.74, 6) is -0.343. The van der Waals surface area contributed by atoms with Gasteiger partial charge in [-0.3, -0.25) is 9.36 Å². The zero-order valence-corrected chi connectivity index (χ0v) is 40.1. The Labute approximate surface area is 365 Å². The Morgan fingerprint density at radius 2 is 0.932 bits per heavy atom. The molecule has 2 unspecified atom stereocenters. The number of hydrogen-bond donors (Lipinski definition) is 0. The van der Waals surface area contributed by atoms with Gasteiger partial charge in [0.2, 0.25) is 0 Å². The Morgan fingerprint density at radius 1 is 0.525 bits per heavy atom. The number of allylic oxidation sites excluding steroid dienone is 8. The Kier molecular flexibility index (Phi) is 42.0. The molecule has 2 atom stereocenters. The van der Waals surface area contributed by atoms with Crippen LogP contribution >= 0.6 is 7.82 Å². The first kappa shape index (κ1) is 57.5. The van der Waals surface area contributed by atoms with Crippen LogP contribution in [0.1, 0.15) is 206 Å². The molecule has 0 fully saturated rings. The van der Waals surface area contributed by atoms with Crippen molar-refractivity contribution in [2.24, 2.45) is 0 Å². The fourth-order valence-electron chi connectivity index (χ4n) is 6.55. The lowest BCUT2D eigenvalue weighted by Gasteiger charge is -2.28. The molecule has 0 aliphatic heterocycles. The number of ether oxygens (including phenoxy) is 2. The first-order valence-electron chi connectivity index (χ1n) is 24.4. The van der Waals surface area contributed by atoms with E-state index in [9.17, 15) is 14.3 Å². The van der Waals surface area contributed by atoms with Crippen molar-refractivity contribution in [1.29, 1.82) is 0 Å².